The number of furan rings is 1. The van der Waals surface area contributed by atoms with E-state index in [0.717, 1.165) is 24.8 Å². The molecule has 6 nitrogen and oxygen atoms in total. The molecule has 34 heavy (non-hydrogen) atoms. The molecule has 0 aliphatic carbocycles. The molecular weight excluding hydrogens is 426 g/mol. The molecule has 1 saturated heterocycles. The van der Waals surface area contributed by atoms with Crippen molar-refractivity contribution in [2.75, 3.05) is 20.1 Å². The number of piperidine rings is 1. The van der Waals surface area contributed by atoms with Crippen LogP contribution in [0.5, 0.6) is 0 Å². The molecule has 0 saturated carbocycles. The third-order valence-corrected chi connectivity index (χ3v) is 6.71. The first-order valence-electron chi connectivity index (χ1n) is 11.7. The lowest BCUT2D eigenvalue weighted by atomic mass is 9.84. The number of amides is 2. The van der Waals surface area contributed by atoms with Crippen molar-refractivity contribution in [1.82, 2.24) is 14.8 Å². The summed E-state index contributed by atoms with van der Waals surface area (Å²) in [4.78, 5) is 33.8. The third kappa shape index (κ3) is 5.63. The van der Waals surface area contributed by atoms with Gasteiger partial charge < -0.3 is 14.2 Å². The van der Waals surface area contributed by atoms with Gasteiger partial charge in [0, 0.05) is 44.6 Å². The van der Waals surface area contributed by atoms with Crippen molar-refractivity contribution in [1.29, 1.82) is 0 Å². The molecule has 6 heteroatoms. The number of hydrogen-bond donors (Lipinski definition) is 0. The van der Waals surface area contributed by atoms with E-state index in [0.29, 0.717) is 30.3 Å². The topological polar surface area (TPSA) is 66.7 Å². The Hall–Kier alpha value is -3.67. The summed E-state index contributed by atoms with van der Waals surface area (Å²) >= 11 is 0. The molecule has 176 valence electrons. The van der Waals surface area contributed by atoms with Crippen LogP contribution in [0.2, 0.25) is 0 Å². The van der Waals surface area contributed by atoms with Gasteiger partial charge in [-0.2, -0.15) is 0 Å². The molecular formula is C28H31N3O3. The summed E-state index contributed by atoms with van der Waals surface area (Å²) in [6.07, 6.45) is 10.9. The monoisotopic (exact) mass is 457 g/mol. The van der Waals surface area contributed by atoms with Gasteiger partial charge in [-0.3, -0.25) is 14.6 Å². The van der Waals surface area contributed by atoms with Crippen molar-refractivity contribution in [2.24, 2.45) is 5.92 Å². The van der Waals surface area contributed by atoms with Gasteiger partial charge in [0.05, 0.1) is 11.8 Å². The van der Waals surface area contributed by atoms with Crippen molar-refractivity contribution in [2.45, 2.75) is 32.2 Å². The number of likely N-dealkylation sites (tertiary alicyclic amines) is 1. The molecule has 0 bridgehead atoms. The van der Waals surface area contributed by atoms with E-state index >= 15 is 0 Å². The lowest BCUT2D eigenvalue weighted by Gasteiger charge is -2.40. The minimum Gasteiger partial charge on any atom is -0.469 e. The first-order chi connectivity index (χ1) is 16.5. The molecule has 3 heterocycles. The molecule has 0 spiro atoms. The van der Waals surface area contributed by atoms with Gasteiger partial charge in [0.15, 0.2) is 0 Å². The van der Waals surface area contributed by atoms with E-state index in [-0.39, 0.29) is 17.9 Å². The first kappa shape index (κ1) is 23.5. The predicted octanol–water partition coefficient (Wildman–Crippen LogP) is 4.62. The van der Waals surface area contributed by atoms with Crippen LogP contribution in [0.25, 0.3) is 6.08 Å². The Balaban J connectivity index is 1.44. The number of benzene rings is 1. The second-order valence-electron chi connectivity index (χ2n) is 8.84. The van der Waals surface area contributed by atoms with Gasteiger partial charge in [-0.15, -0.1) is 0 Å². The normalized spacial score (nSPS) is 15.4. The Morgan fingerprint density at radius 3 is 2.47 bits per heavy atom. The van der Waals surface area contributed by atoms with E-state index in [1.165, 1.54) is 5.56 Å². The molecule has 1 aliphatic rings. The molecule has 1 aliphatic heterocycles. The van der Waals surface area contributed by atoms with Gasteiger partial charge in [0.2, 0.25) is 5.91 Å². The number of rotatable bonds is 7. The van der Waals surface area contributed by atoms with E-state index in [1.807, 2.05) is 60.2 Å². The second-order valence-corrected chi connectivity index (χ2v) is 8.84. The SMILES string of the molecule is Cc1occc1C(=O)N(C)C(Cc1ccccc1)C1CCN(C(=O)/C=C/c2ccncc2)CC1. The summed E-state index contributed by atoms with van der Waals surface area (Å²) in [5.41, 5.74) is 2.76. The predicted molar refractivity (Wildman–Crippen MR) is 132 cm³/mol. The number of likely N-dealkylation sites (N-methyl/N-ethyl adjacent to an activating group) is 1. The zero-order valence-electron chi connectivity index (χ0n) is 19.8. The largest absolute Gasteiger partial charge is 0.469 e. The van der Waals surface area contributed by atoms with Crippen molar-refractivity contribution in [3.05, 3.63) is 95.7 Å². The third-order valence-electron chi connectivity index (χ3n) is 6.71. The Kier molecular flexibility index (Phi) is 7.58. The van der Waals surface area contributed by atoms with E-state index < -0.39 is 0 Å². The van der Waals surface area contributed by atoms with Gasteiger partial charge in [-0.1, -0.05) is 30.3 Å². The summed E-state index contributed by atoms with van der Waals surface area (Å²) in [7, 11) is 1.89. The lowest BCUT2D eigenvalue weighted by molar-refractivity contribution is -0.127. The maximum absolute atomic E-state index is 13.3. The molecule has 3 aromatic rings. The van der Waals surface area contributed by atoms with E-state index in [2.05, 4.69) is 17.1 Å². The zero-order chi connectivity index (χ0) is 23.9. The number of pyridine rings is 1. The van der Waals surface area contributed by atoms with Gasteiger partial charge in [-0.25, -0.2) is 0 Å². The Morgan fingerprint density at radius 1 is 1.12 bits per heavy atom. The standard InChI is InChI=1S/C28H31N3O3/c1-21-25(14-19-34-21)28(33)30(2)26(20-23-6-4-3-5-7-23)24-12-17-31(18-13-24)27(32)9-8-22-10-15-29-16-11-22/h3-11,14-16,19,24,26H,12-13,17-18,20H2,1-2H3/b9-8+. The highest BCUT2D eigenvalue weighted by atomic mass is 16.3. The summed E-state index contributed by atoms with van der Waals surface area (Å²) in [5.74, 6) is 0.936. The zero-order valence-corrected chi connectivity index (χ0v) is 19.8. The van der Waals surface area contributed by atoms with Crippen LogP contribution >= 0.6 is 0 Å². The van der Waals surface area contributed by atoms with E-state index in [1.54, 1.807) is 30.8 Å². The Morgan fingerprint density at radius 2 is 1.82 bits per heavy atom. The van der Waals surface area contributed by atoms with Crippen LogP contribution in [0.4, 0.5) is 0 Å². The van der Waals surface area contributed by atoms with Gasteiger partial charge >= 0.3 is 0 Å². The highest BCUT2D eigenvalue weighted by Gasteiger charge is 2.33. The van der Waals surface area contributed by atoms with Gasteiger partial charge in [0.1, 0.15) is 5.76 Å². The van der Waals surface area contributed by atoms with Crippen LogP contribution in [0.15, 0.2) is 77.7 Å². The van der Waals surface area contributed by atoms with Crippen LogP contribution in [0, 0.1) is 12.8 Å². The average molecular weight is 458 g/mol. The maximum Gasteiger partial charge on any atom is 0.257 e. The van der Waals surface area contributed by atoms with E-state index in [9.17, 15) is 9.59 Å². The average Bonchev–Trinajstić information content (AvgIpc) is 3.32. The summed E-state index contributed by atoms with van der Waals surface area (Å²) < 4.78 is 5.37. The number of aryl methyl sites for hydroxylation is 1. The molecule has 0 radical (unpaired) electrons. The molecule has 1 aromatic carbocycles. The second kappa shape index (κ2) is 11.0. The van der Waals surface area contributed by atoms with Crippen molar-refractivity contribution >= 4 is 17.9 Å². The molecule has 4 rings (SSSR count). The number of hydrogen-bond acceptors (Lipinski definition) is 4. The molecule has 2 amide bonds. The number of nitrogens with zero attached hydrogens (tertiary/aromatic N) is 3. The highest BCUT2D eigenvalue weighted by molar-refractivity contribution is 5.95. The van der Waals surface area contributed by atoms with Crippen LogP contribution in [0.3, 0.4) is 0 Å². The van der Waals surface area contributed by atoms with Crippen molar-refractivity contribution in [3.63, 3.8) is 0 Å². The summed E-state index contributed by atoms with van der Waals surface area (Å²) in [6, 6.07) is 15.8. The first-order valence-corrected chi connectivity index (χ1v) is 11.7. The van der Waals surface area contributed by atoms with Crippen LogP contribution in [0.1, 0.15) is 40.1 Å². The fourth-order valence-corrected chi connectivity index (χ4v) is 4.67. The Labute approximate surface area is 200 Å². The molecule has 0 N–H and O–H groups in total. The van der Waals surface area contributed by atoms with Gasteiger partial charge in [0.25, 0.3) is 5.91 Å². The van der Waals surface area contributed by atoms with Crippen molar-refractivity contribution in [3.8, 4) is 0 Å². The molecule has 1 atom stereocenters. The van der Waals surface area contributed by atoms with Crippen LogP contribution in [-0.4, -0.2) is 52.8 Å². The fraction of sp³-hybridized carbons (Fsp3) is 0.321. The molecule has 1 fully saturated rings. The van der Waals surface area contributed by atoms with E-state index in [4.69, 9.17) is 4.42 Å². The number of carbonyl (C=O) groups is 2. The minimum atomic E-state index is -0.0222. The molecule has 1 unspecified atom stereocenters. The van der Waals surface area contributed by atoms with Crippen LogP contribution < -0.4 is 0 Å². The smallest absolute Gasteiger partial charge is 0.257 e. The molecule has 2 aromatic heterocycles. The summed E-state index contributed by atoms with van der Waals surface area (Å²) in [5, 5.41) is 0. The lowest BCUT2D eigenvalue weighted by Crippen LogP contribution is -2.48. The quantitative estimate of drug-likeness (QED) is 0.486. The van der Waals surface area contributed by atoms with Gasteiger partial charge in [-0.05, 0) is 67.5 Å². The van der Waals surface area contributed by atoms with Crippen molar-refractivity contribution < 1.29 is 14.0 Å². The Bertz CT molecular complexity index is 1120. The highest BCUT2D eigenvalue weighted by Crippen LogP contribution is 2.28. The fourth-order valence-electron chi connectivity index (χ4n) is 4.67. The number of aromatic nitrogens is 1. The summed E-state index contributed by atoms with van der Waals surface area (Å²) in [6.45, 7) is 3.18. The van der Waals surface area contributed by atoms with Crippen LogP contribution in [-0.2, 0) is 11.2 Å². The number of carbonyl (C=O) groups excluding carboxylic acids is 2. The maximum atomic E-state index is 13.3. The minimum absolute atomic E-state index is 0.0216.